The summed E-state index contributed by atoms with van der Waals surface area (Å²) in [6.07, 6.45) is 4.35. The van der Waals surface area contributed by atoms with Gasteiger partial charge in [-0.25, -0.2) is 9.97 Å². The Morgan fingerprint density at radius 3 is 2.63 bits per heavy atom. The highest BCUT2D eigenvalue weighted by Crippen LogP contribution is 2.35. The first kappa shape index (κ1) is 12.8. The van der Waals surface area contributed by atoms with Crippen LogP contribution in [0.15, 0.2) is 12.5 Å². The zero-order valence-electron chi connectivity index (χ0n) is 10.5. The van der Waals surface area contributed by atoms with Crippen molar-refractivity contribution in [1.29, 1.82) is 0 Å². The van der Waals surface area contributed by atoms with Crippen LogP contribution < -0.4 is 4.90 Å². The number of rotatable bonds is 2. The number of aromatic nitrogens is 4. The van der Waals surface area contributed by atoms with Crippen LogP contribution in [0.3, 0.4) is 0 Å². The molecule has 102 valence electrons. The lowest BCUT2D eigenvalue weighted by atomic mass is 9.91. The number of aliphatic hydroxyl groups is 1. The van der Waals surface area contributed by atoms with Gasteiger partial charge in [-0.15, -0.1) is 0 Å². The Morgan fingerprint density at radius 2 is 2.11 bits per heavy atom. The van der Waals surface area contributed by atoms with Crippen molar-refractivity contribution in [1.82, 2.24) is 19.7 Å². The van der Waals surface area contributed by atoms with E-state index in [9.17, 15) is 5.11 Å². The van der Waals surface area contributed by atoms with E-state index in [0.29, 0.717) is 23.0 Å². The molecule has 2 aromatic rings. The van der Waals surface area contributed by atoms with Gasteiger partial charge in [0.2, 0.25) is 0 Å². The second-order valence-corrected chi connectivity index (χ2v) is 6.31. The smallest absolute Gasteiger partial charge is 0.186 e. The molecule has 0 aliphatic carbocycles. The summed E-state index contributed by atoms with van der Waals surface area (Å²) in [5, 5.41) is 15.6. The summed E-state index contributed by atoms with van der Waals surface area (Å²) in [4.78, 5) is 10.6. The van der Waals surface area contributed by atoms with Gasteiger partial charge in [-0.1, -0.05) is 22.9 Å². The fourth-order valence-corrected chi connectivity index (χ4v) is 3.35. The topological polar surface area (TPSA) is 67.1 Å². The van der Waals surface area contributed by atoms with E-state index in [1.54, 1.807) is 17.9 Å². The van der Waals surface area contributed by atoms with Crippen molar-refractivity contribution in [2.24, 2.45) is 7.05 Å². The number of anilines is 1. The molecule has 0 radical (unpaired) electrons. The van der Waals surface area contributed by atoms with E-state index < -0.39 is 5.60 Å². The van der Waals surface area contributed by atoms with Crippen LogP contribution in [0.5, 0.6) is 0 Å². The monoisotopic (exact) mass is 299 g/mol. The van der Waals surface area contributed by atoms with Crippen LogP contribution in [0.1, 0.15) is 18.7 Å². The first-order chi connectivity index (χ1) is 9.08. The standard InChI is InChI=1S/C11H14ClN5OS/c1-16-9(14-7-15-16)11(18)2-4-17(5-3-11)10-13-6-8(12)19-10/h6-7,18H,2-5H2,1H3. The molecule has 0 unspecified atom stereocenters. The summed E-state index contributed by atoms with van der Waals surface area (Å²) >= 11 is 7.36. The number of piperidine rings is 1. The van der Waals surface area contributed by atoms with Gasteiger partial charge in [-0.3, -0.25) is 4.68 Å². The molecular weight excluding hydrogens is 286 g/mol. The summed E-state index contributed by atoms with van der Waals surface area (Å²) in [6, 6.07) is 0. The van der Waals surface area contributed by atoms with Crippen LogP contribution in [-0.4, -0.2) is 37.9 Å². The van der Waals surface area contributed by atoms with Crippen molar-refractivity contribution in [3.05, 3.63) is 22.7 Å². The summed E-state index contributed by atoms with van der Waals surface area (Å²) in [7, 11) is 1.80. The van der Waals surface area contributed by atoms with E-state index in [4.69, 9.17) is 11.6 Å². The number of hydrogen-bond donors (Lipinski definition) is 1. The minimum Gasteiger partial charge on any atom is -0.382 e. The lowest BCUT2D eigenvalue weighted by Crippen LogP contribution is -2.44. The van der Waals surface area contributed by atoms with Gasteiger partial charge in [-0.05, 0) is 0 Å². The van der Waals surface area contributed by atoms with Crippen LogP contribution >= 0.6 is 22.9 Å². The number of aryl methyl sites for hydroxylation is 1. The Balaban J connectivity index is 1.74. The zero-order valence-corrected chi connectivity index (χ0v) is 12.0. The molecule has 3 rings (SSSR count). The van der Waals surface area contributed by atoms with E-state index in [-0.39, 0.29) is 0 Å². The minimum atomic E-state index is -0.900. The molecule has 0 spiro atoms. The van der Waals surface area contributed by atoms with E-state index in [1.165, 1.54) is 17.7 Å². The molecule has 1 N–H and O–H groups in total. The van der Waals surface area contributed by atoms with E-state index >= 15 is 0 Å². The molecule has 6 nitrogen and oxygen atoms in total. The molecule has 3 heterocycles. The van der Waals surface area contributed by atoms with Crippen molar-refractivity contribution in [2.75, 3.05) is 18.0 Å². The van der Waals surface area contributed by atoms with Crippen LogP contribution in [-0.2, 0) is 12.6 Å². The van der Waals surface area contributed by atoms with Crippen LogP contribution in [0.4, 0.5) is 5.13 Å². The molecule has 2 aromatic heterocycles. The van der Waals surface area contributed by atoms with Gasteiger partial charge in [0.1, 0.15) is 16.3 Å². The predicted molar refractivity (Wildman–Crippen MR) is 73.5 cm³/mol. The number of hydrogen-bond acceptors (Lipinski definition) is 6. The molecule has 0 atom stereocenters. The van der Waals surface area contributed by atoms with E-state index in [0.717, 1.165) is 18.2 Å². The SMILES string of the molecule is Cn1ncnc1C1(O)CCN(c2ncc(Cl)s2)CC1. The fourth-order valence-electron chi connectivity index (χ4n) is 2.40. The highest BCUT2D eigenvalue weighted by molar-refractivity contribution is 7.19. The van der Waals surface area contributed by atoms with Gasteiger partial charge in [0.05, 0.1) is 6.20 Å². The average Bonchev–Trinajstić information content (AvgIpc) is 2.99. The second kappa shape index (κ2) is 4.73. The summed E-state index contributed by atoms with van der Waals surface area (Å²) in [6.45, 7) is 1.46. The summed E-state index contributed by atoms with van der Waals surface area (Å²) in [5.74, 6) is 0.629. The van der Waals surface area contributed by atoms with Crippen molar-refractivity contribution in [3.63, 3.8) is 0 Å². The van der Waals surface area contributed by atoms with Gasteiger partial charge in [0.25, 0.3) is 0 Å². The first-order valence-corrected chi connectivity index (χ1v) is 7.21. The predicted octanol–water partition coefficient (Wildman–Crippen LogP) is 1.41. The lowest BCUT2D eigenvalue weighted by molar-refractivity contribution is -0.0000683. The first-order valence-electron chi connectivity index (χ1n) is 6.02. The Hall–Kier alpha value is -1.18. The molecule has 1 aliphatic rings. The third-order valence-electron chi connectivity index (χ3n) is 3.45. The molecule has 1 aliphatic heterocycles. The molecule has 0 saturated carbocycles. The quantitative estimate of drug-likeness (QED) is 0.908. The summed E-state index contributed by atoms with van der Waals surface area (Å²) < 4.78 is 2.32. The highest BCUT2D eigenvalue weighted by atomic mass is 35.5. The van der Waals surface area contributed by atoms with Gasteiger partial charge in [-0.2, -0.15) is 5.10 Å². The molecule has 1 saturated heterocycles. The van der Waals surface area contributed by atoms with E-state index in [2.05, 4.69) is 20.0 Å². The Kier molecular flexibility index (Phi) is 3.20. The van der Waals surface area contributed by atoms with Crippen LogP contribution in [0.2, 0.25) is 4.34 Å². The Bertz CT molecular complexity index is 575. The van der Waals surface area contributed by atoms with E-state index in [1.807, 2.05) is 0 Å². The van der Waals surface area contributed by atoms with Gasteiger partial charge in [0.15, 0.2) is 11.0 Å². The Morgan fingerprint density at radius 1 is 1.37 bits per heavy atom. The lowest BCUT2D eigenvalue weighted by Gasteiger charge is -2.37. The number of thiazole rings is 1. The molecule has 0 amide bonds. The Labute approximate surface area is 119 Å². The minimum absolute atomic E-state index is 0.608. The maximum absolute atomic E-state index is 10.7. The fraction of sp³-hybridized carbons (Fsp3) is 0.545. The number of nitrogens with zero attached hydrogens (tertiary/aromatic N) is 5. The highest BCUT2D eigenvalue weighted by Gasteiger charge is 2.38. The second-order valence-electron chi connectivity index (χ2n) is 4.67. The van der Waals surface area contributed by atoms with Crippen molar-refractivity contribution < 1.29 is 5.11 Å². The van der Waals surface area contributed by atoms with Crippen molar-refractivity contribution in [3.8, 4) is 0 Å². The van der Waals surface area contributed by atoms with Crippen molar-refractivity contribution >= 4 is 28.1 Å². The molecule has 0 aromatic carbocycles. The largest absolute Gasteiger partial charge is 0.382 e. The van der Waals surface area contributed by atoms with Gasteiger partial charge >= 0.3 is 0 Å². The summed E-state index contributed by atoms with van der Waals surface area (Å²) in [5.41, 5.74) is -0.900. The maximum Gasteiger partial charge on any atom is 0.186 e. The molecule has 19 heavy (non-hydrogen) atoms. The zero-order chi connectivity index (χ0) is 13.5. The third-order valence-corrected chi connectivity index (χ3v) is 4.63. The third kappa shape index (κ3) is 2.33. The normalized spacial score (nSPS) is 18.8. The average molecular weight is 300 g/mol. The molecule has 0 bridgehead atoms. The maximum atomic E-state index is 10.7. The molecular formula is C11H14ClN5OS. The van der Waals surface area contributed by atoms with Crippen molar-refractivity contribution in [2.45, 2.75) is 18.4 Å². The van der Waals surface area contributed by atoms with Gasteiger partial charge in [0, 0.05) is 33.0 Å². The van der Waals surface area contributed by atoms with Crippen LogP contribution in [0, 0.1) is 0 Å². The molecule has 1 fully saturated rings. The molecule has 8 heteroatoms. The van der Waals surface area contributed by atoms with Gasteiger partial charge < -0.3 is 10.0 Å². The number of halogens is 1. The van der Waals surface area contributed by atoms with Crippen LogP contribution in [0.25, 0.3) is 0 Å².